The molecule has 1 aromatic carbocycles. The highest BCUT2D eigenvalue weighted by Gasteiger charge is 2.09. The van der Waals surface area contributed by atoms with Crippen LogP contribution in [0.4, 0.5) is 8.78 Å². The second kappa shape index (κ2) is 5.98. The Bertz CT molecular complexity index is 418. The normalized spacial score (nSPS) is 10.8. The van der Waals surface area contributed by atoms with E-state index >= 15 is 0 Å². The van der Waals surface area contributed by atoms with Crippen molar-refractivity contribution in [3.05, 3.63) is 35.4 Å². The zero-order valence-electron chi connectivity index (χ0n) is 9.24. The third-order valence-corrected chi connectivity index (χ3v) is 2.06. The Balaban J connectivity index is 2.76. The molecule has 0 fully saturated rings. The molecule has 3 nitrogen and oxygen atoms in total. The Morgan fingerprint density at radius 3 is 2.47 bits per heavy atom. The molecule has 0 aromatic heterocycles. The monoisotopic (exact) mass is 242 g/mol. The molecule has 0 aliphatic heterocycles. The van der Waals surface area contributed by atoms with Gasteiger partial charge in [-0.25, -0.2) is 8.78 Å². The highest BCUT2D eigenvalue weighted by atomic mass is 19.1. The lowest BCUT2D eigenvalue weighted by atomic mass is 10.1. The molecule has 0 bridgehead atoms. The van der Waals surface area contributed by atoms with Crippen molar-refractivity contribution in [3.63, 3.8) is 0 Å². The first kappa shape index (κ1) is 13.2. The molecule has 1 N–H and O–H groups in total. The smallest absolute Gasteiger partial charge is 0.303 e. The molecule has 0 amide bonds. The number of aliphatic carboxylic acids is 1. The molecule has 0 radical (unpaired) electrons. The van der Waals surface area contributed by atoms with Crippen LogP contribution in [0.25, 0.3) is 6.08 Å². The lowest BCUT2D eigenvalue weighted by Gasteiger charge is -2.04. The molecule has 1 aromatic rings. The average Bonchev–Trinajstić information content (AvgIpc) is 2.24. The molecule has 0 saturated heterocycles. The Labute approximate surface area is 97.3 Å². The van der Waals surface area contributed by atoms with Gasteiger partial charge in [0.05, 0.1) is 7.11 Å². The summed E-state index contributed by atoms with van der Waals surface area (Å²) in [7, 11) is 1.18. The van der Waals surface area contributed by atoms with E-state index < -0.39 is 23.4 Å². The predicted octanol–water partition coefficient (Wildman–Crippen LogP) is 2.85. The molecule has 17 heavy (non-hydrogen) atoms. The van der Waals surface area contributed by atoms with Crippen LogP contribution in [-0.2, 0) is 4.79 Å². The van der Waals surface area contributed by atoms with Gasteiger partial charge in [0.2, 0.25) is 0 Å². The molecule has 1 rings (SSSR count). The number of benzene rings is 1. The number of ether oxygens (including phenoxy) is 1. The number of allylic oxidation sites excluding steroid dienone is 1. The Morgan fingerprint density at radius 1 is 1.41 bits per heavy atom. The van der Waals surface area contributed by atoms with Crippen molar-refractivity contribution in [2.75, 3.05) is 7.11 Å². The zero-order valence-corrected chi connectivity index (χ0v) is 9.24. The van der Waals surface area contributed by atoms with Crippen molar-refractivity contribution in [2.24, 2.45) is 0 Å². The Hall–Kier alpha value is -1.91. The molecule has 5 heteroatoms. The van der Waals surface area contributed by atoms with E-state index in [0.717, 1.165) is 12.1 Å². The van der Waals surface area contributed by atoms with Gasteiger partial charge in [-0.15, -0.1) is 0 Å². The van der Waals surface area contributed by atoms with Gasteiger partial charge in [-0.1, -0.05) is 12.2 Å². The van der Waals surface area contributed by atoms with Crippen LogP contribution in [0.1, 0.15) is 18.4 Å². The minimum atomic E-state index is -0.915. The maximum atomic E-state index is 13.3. The van der Waals surface area contributed by atoms with E-state index in [2.05, 4.69) is 4.74 Å². The largest absolute Gasteiger partial charge is 0.491 e. The summed E-state index contributed by atoms with van der Waals surface area (Å²) >= 11 is 0. The van der Waals surface area contributed by atoms with Crippen LogP contribution in [0.15, 0.2) is 18.2 Å². The summed E-state index contributed by atoms with van der Waals surface area (Å²) in [5.41, 5.74) is 0.325. The topological polar surface area (TPSA) is 46.5 Å². The number of hydrogen-bond acceptors (Lipinski definition) is 2. The summed E-state index contributed by atoms with van der Waals surface area (Å²) in [5, 5.41) is 8.40. The Kier molecular flexibility index (Phi) is 4.63. The average molecular weight is 242 g/mol. The van der Waals surface area contributed by atoms with Crippen molar-refractivity contribution < 1.29 is 23.4 Å². The van der Waals surface area contributed by atoms with Crippen LogP contribution in [0.3, 0.4) is 0 Å². The number of carboxylic acid groups (broad SMARTS) is 1. The summed E-state index contributed by atoms with van der Waals surface area (Å²) in [4.78, 5) is 10.2. The number of hydrogen-bond donors (Lipinski definition) is 1. The molecular formula is C12H12F2O3. The number of carboxylic acids is 1. The summed E-state index contributed by atoms with van der Waals surface area (Å²) in [6.07, 6.45) is 3.31. The molecule has 92 valence electrons. The second-order valence-electron chi connectivity index (χ2n) is 3.35. The summed E-state index contributed by atoms with van der Waals surface area (Å²) in [6, 6.07) is 2.25. The minimum absolute atomic E-state index is 0.0163. The minimum Gasteiger partial charge on any atom is -0.491 e. The lowest BCUT2D eigenvalue weighted by molar-refractivity contribution is -0.136. The van der Waals surface area contributed by atoms with Crippen LogP contribution in [0.2, 0.25) is 0 Å². The molecule has 0 atom stereocenters. The first-order valence-electron chi connectivity index (χ1n) is 4.96. The fraction of sp³-hybridized carbons (Fsp3) is 0.250. The first-order chi connectivity index (χ1) is 8.04. The maximum absolute atomic E-state index is 13.3. The van der Waals surface area contributed by atoms with Gasteiger partial charge in [0.15, 0.2) is 17.4 Å². The van der Waals surface area contributed by atoms with Crippen LogP contribution in [0.5, 0.6) is 5.75 Å². The molecule has 0 unspecified atom stereocenters. The van der Waals surface area contributed by atoms with Gasteiger partial charge in [0.25, 0.3) is 0 Å². The van der Waals surface area contributed by atoms with E-state index in [0.29, 0.717) is 12.0 Å². The third kappa shape index (κ3) is 3.86. The van der Waals surface area contributed by atoms with Crippen LogP contribution < -0.4 is 4.74 Å². The first-order valence-corrected chi connectivity index (χ1v) is 4.96. The quantitative estimate of drug-likeness (QED) is 0.863. The molecule has 0 aliphatic carbocycles. The molecule has 0 saturated carbocycles. The maximum Gasteiger partial charge on any atom is 0.303 e. The van der Waals surface area contributed by atoms with Gasteiger partial charge in [0.1, 0.15) is 0 Å². The fourth-order valence-electron chi connectivity index (χ4n) is 1.30. The van der Waals surface area contributed by atoms with Gasteiger partial charge < -0.3 is 9.84 Å². The van der Waals surface area contributed by atoms with Gasteiger partial charge in [0, 0.05) is 6.42 Å². The van der Waals surface area contributed by atoms with Crippen LogP contribution >= 0.6 is 0 Å². The number of rotatable bonds is 5. The fourth-order valence-corrected chi connectivity index (χ4v) is 1.30. The van der Waals surface area contributed by atoms with Crippen molar-refractivity contribution in [3.8, 4) is 5.75 Å². The van der Waals surface area contributed by atoms with Crippen molar-refractivity contribution in [2.45, 2.75) is 12.8 Å². The SMILES string of the molecule is COc1c(F)cc(C=CCCC(=O)O)cc1F. The van der Waals surface area contributed by atoms with E-state index in [1.807, 2.05) is 0 Å². The third-order valence-electron chi connectivity index (χ3n) is 2.06. The number of methoxy groups -OCH3 is 1. The summed E-state index contributed by atoms with van der Waals surface area (Å²) in [5.74, 6) is -2.91. The van der Waals surface area contributed by atoms with E-state index in [9.17, 15) is 13.6 Å². The van der Waals surface area contributed by atoms with Crippen LogP contribution in [0, 0.1) is 11.6 Å². The van der Waals surface area contributed by atoms with Crippen molar-refractivity contribution in [1.82, 2.24) is 0 Å². The number of carbonyl (C=O) groups is 1. The molecular weight excluding hydrogens is 230 g/mol. The molecule has 0 spiro atoms. The molecule has 0 heterocycles. The highest BCUT2D eigenvalue weighted by molar-refractivity contribution is 5.67. The predicted molar refractivity (Wildman–Crippen MR) is 58.8 cm³/mol. The molecule has 0 aliphatic rings. The van der Waals surface area contributed by atoms with E-state index in [4.69, 9.17) is 5.11 Å². The van der Waals surface area contributed by atoms with E-state index in [1.54, 1.807) is 6.08 Å². The van der Waals surface area contributed by atoms with Crippen molar-refractivity contribution >= 4 is 12.0 Å². The van der Waals surface area contributed by atoms with Gasteiger partial charge >= 0.3 is 5.97 Å². The lowest BCUT2D eigenvalue weighted by Crippen LogP contribution is -1.93. The Morgan fingerprint density at radius 2 is 2.00 bits per heavy atom. The van der Waals surface area contributed by atoms with Crippen molar-refractivity contribution in [1.29, 1.82) is 0 Å². The summed E-state index contributed by atoms with van der Waals surface area (Å²) < 4.78 is 31.0. The standard InChI is InChI=1S/C12H12F2O3/c1-17-12-9(13)6-8(7-10(12)14)4-2-3-5-11(15)16/h2,4,6-7H,3,5H2,1H3,(H,15,16). The van der Waals surface area contributed by atoms with Gasteiger partial charge in [-0.05, 0) is 24.1 Å². The van der Waals surface area contributed by atoms with Crippen LogP contribution in [-0.4, -0.2) is 18.2 Å². The zero-order chi connectivity index (χ0) is 12.8. The summed E-state index contributed by atoms with van der Waals surface area (Å²) in [6.45, 7) is 0. The van der Waals surface area contributed by atoms with E-state index in [-0.39, 0.29) is 6.42 Å². The van der Waals surface area contributed by atoms with Gasteiger partial charge in [-0.3, -0.25) is 4.79 Å². The van der Waals surface area contributed by atoms with Gasteiger partial charge in [-0.2, -0.15) is 0 Å². The van der Waals surface area contributed by atoms with E-state index in [1.165, 1.54) is 13.2 Å². The number of halogens is 2. The highest BCUT2D eigenvalue weighted by Crippen LogP contribution is 2.23. The second-order valence-corrected chi connectivity index (χ2v) is 3.35.